The zero-order valence-corrected chi connectivity index (χ0v) is 13.1. The van der Waals surface area contributed by atoms with Crippen LogP contribution < -0.4 is 5.32 Å². The van der Waals surface area contributed by atoms with Crippen molar-refractivity contribution in [1.29, 1.82) is 0 Å². The van der Waals surface area contributed by atoms with E-state index in [1.54, 1.807) is 0 Å². The van der Waals surface area contributed by atoms with Crippen LogP contribution in [0.5, 0.6) is 0 Å². The number of halogens is 1. The number of unbranched alkanes of at least 4 members (excludes halogenated alkanes) is 2. The van der Waals surface area contributed by atoms with Crippen molar-refractivity contribution < 1.29 is 0 Å². The molecule has 0 saturated carbocycles. The van der Waals surface area contributed by atoms with Gasteiger partial charge in [-0.3, -0.25) is 4.90 Å². The maximum absolute atomic E-state index is 6.25. The minimum Gasteiger partial charge on any atom is -0.373 e. The lowest BCUT2D eigenvalue weighted by atomic mass is 10.2. The van der Waals surface area contributed by atoms with Gasteiger partial charge < -0.3 is 5.32 Å². The van der Waals surface area contributed by atoms with Crippen molar-refractivity contribution in [2.45, 2.75) is 46.1 Å². The van der Waals surface area contributed by atoms with Gasteiger partial charge in [-0.05, 0) is 38.1 Å². The first-order valence-electron chi connectivity index (χ1n) is 7.26. The molecule has 4 heteroatoms. The molecule has 0 spiro atoms. The van der Waals surface area contributed by atoms with Crippen LogP contribution in [0.3, 0.4) is 0 Å². The number of hydrogen-bond acceptors (Lipinski definition) is 3. The molecular formula is C15H26ClN3. The van der Waals surface area contributed by atoms with E-state index in [4.69, 9.17) is 11.6 Å². The first kappa shape index (κ1) is 16.3. The summed E-state index contributed by atoms with van der Waals surface area (Å²) in [6.45, 7) is 7.54. The van der Waals surface area contributed by atoms with E-state index < -0.39 is 0 Å². The molecule has 19 heavy (non-hydrogen) atoms. The number of hydrogen-bond donors (Lipinski definition) is 1. The topological polar surface area (TPSA) is 28.2 Å². The minimum atomic E-state index is 0.761. The van der Waals surface area contributed by atoms with Gasteiger partial charge in [-0.15, -0.1) is 0 Å². The van der Waals surface area contributed by atoms with Gasteiger partial charge >= 0.3 is 0 Å². The van der Waals surface area contributed by atoms with Gasteiger partial charge in [0.05, 0.1) is 10.7 Å². The third-order valence-corrected chi connectivity index (χ3v) is 3.55. The highest BCUT2D eigenvalue weighted by molar-refractivity contribution is 6.31. The lowest BCUT2D eigenvalue weighted by Crippen LogP contribution is -2.26. The van der Waals surface area contributed by atoms with Crippen LogP contribution in [0.2, 0.25) is 5.02 Å². The summed E-state index contributed by atoms with van der Waals surface area (Å²) in [7, 11) is 1.88. The number of pyridine rings is 1. The Morgan fingerprint density at radius 2 is 1.79 bits per heavy atom. The molecule has 0 atom stereocenters. The molecule has 0 aromatic carbocycles. The minimum absolute atomic E-state index is 0.761. The highest BCUT2D eigenvalue weighted by Gasteiger charge is 2.10. The van der Waals surface area contributed by atoms with Crippen molar-refractivity contribution in [2.75, 3.05) is 25.5 Å². The summed E-state index contributed by atoms with van der Waals surface area (Å²) in [6, 6.07) is 3.84. The predicted octanol–water partition coefficient (Wildman–Crippen LogP) is 4.18. The predicted molar refractivity (Wildman–Crippen MR) is 83.9 cm³/mol. The van der Waals surface area contributed by atoms with Crippen molar-refractivity contribution in [3.05, 3.63) is 22.8 Å². The van der Waals surface area contributed by atoms with Crippen molar-refractivity contribution in [1.82, 2.24) is 9.88 Å². The highest BCUT2D eigenvalue weighted by Crippen LogP contribution is 2.18. The molecule has 0 fully saturated rings. The van der Waals surface area contributed by atoms with Gasteiger partial charge in [0.2, 0.25) is 0 Å². The summed E-state index contributed by atoms with van der Waals surface area (Å²) in [5.41, 5.74) is 0.973. The number of nitrogens with zero attached hydrogens (tertiary/aromatic N) is 2. The lowest BCUT2D eigenvalue weighted by Gasteiger charge is -2.22. The molecule has 0 radical (unpaired) electrons. The Bertz CT molecular complexity index is 360. The van der Waals surface area contributed by atoms with Crippen LogP contribution in [-0.4, -0.2) is 30.0 Å². The van der Waals surface area contributed by atoms with Crippen LogP contribution in [0.25, 0.3) is 0 Å². The fraction of sp³-hybridized carbons (Fsp3) is 0.667. The van der Waals surface area contributed by atoms with E-state index in [9.17, 15) is 0 Å². The molecule has 0 saturated heterocycles. The Hall–Kier alpha value is -0.800. The van der Waals surface area contributed by atoms with Gasteiger partial charge in [0, 0.05) is 13.6 Å². The van der Waals surface area contributed by atoms with Crippen LogP contribution in [0.1, 0.15) is 45.2 Å². The van der Waals surface area contributed by atoms with Gasteiger partial charge in [0.25, 0.3) is 0 Å². The van der Waals surface area contributed by atoms with Crippen molar-refractivity contribution >= 4 is 17.4 Å². The zero-order chi connectivity index (χ0) is 14.1. The second-order valence-electron chi connectivity index (χ2n) is 4.86. The molecule has 1 heterocycles. The smallest absolute Gasteiger partial charge is 0.126 e. The van der Waals surface area contributed by atoms with E-state index in [2.05, 4.69) is 29.0 Å². The van der Waals surface area contributed by atoms with Gasteiger partial charge in [0.15, 0.2) is 0 Å². The number of nitrogens with one attached hydrogen (secondary N) is 1. The Kier molecular flexibility index (Phi) is 7.84. The maximum Gasteiger partial charge on any atom is 0.126 e. The van der Waals surface area contributed by atoms with Crippen LogP contribution in [-0.2, 0) is 6.54 Å². The summed E-state index contributed by atoms with van der Waals surface area (Å²) >= 11 is 6.25. The third-order valence-electron chi connectivity index (χ3n) is 3.20. The first-order chi connectivity index (χ1) is 9.21. The number of aromatic nitrogens is 1. The highest BCUT2D eigenvalue weighted by atomic mass is 35.5. The Morgan fingerprint density at radius 1 is 1.16 bits per heavy atom. The summed E-state index contributed by atoms with van der Waals surface area (Å²) in [5, 5.41) is 3.83. The van der Waals surface area contributed by atoms with Crippen molar-refractivity contribution in [3.8, 4) is 0 Å². The fourth-order valence-electron chi connectivity index (χ4n) is 1.98. The van der Waals surface area contributed by atoms with E-state index in [1.165, 1.54) is 25.7 Å². The normalized spacial score (nSPS) is 11.0. The summed E-state index contributed by atoms with van der Waals surface area (Å²) in [4.78, 5) is 7.02. The lowest BCUT2D eigenvalue weighted by molar-refractivity contribution is 0.254. The van der Waals surface area contributed by atoms with Gasteiger partial charge in [-0.2, -0.15) is 0 Å². The first-order valence-corrected chi connectivity index (χ1v) is 7.64. The molecule has 108 valence electrons. The average molecular weight is 284 g/mol. The van der Waals surface area contributed by atoms with Gasteiger partial charge in [-0.1, -0.05) is 38.3 Å². The molecule has 0 bridgehead atoms. The molecule has 0 amide bonds. The SMILES string of the molecule is CCCCN(CCCC)Cc1nc(NC)ccc1Cl. The molecule has 1 rings (SSSR count). The molecule has 1 aromatic heterocycles. The van der Waals surface area contributed by atoms with Crippen LogP contribution in [0.4, 0.5) is 5.82 Å². The summed E-state index contributed by atoms with van der Waals surface area (Å²) < 4.78 is 0. The standard InChI is InChI=1S/C15H26ClN3/c1-4-6-10-19(11-7-5-2)12-14-13(16)8-9-15(17-3)18-14/h8-9H,4-7,10-12H2,1-3H3,(H,17,18). The largest absolute Gasteiger partial charge is 0.373 e. The molecule has 0 aliphatic heterocycles. The van der Waals surface area contributed by atoms with Crippen LogP contribution >= 0.6 is 11.6 Å². The van der Waals surface area contributed by atoms with Crippen molar-refractivity contribution in [3.63, 3.8) is 0 Å². The number of anilines is 1. The zero-order valence-electron chi connectivity index (χ0n) is 12.4. The van der Waals surface area contributed by atoms with Crippen LogP contribution in [0, 0.1) is 0 Å². The Labute approximate surface area is 122 Å². The monoisotopic (exact) mass is 283 g/mol. The van der Waals surface area contributed by atoms with Gasteiger partial charge in [-0.25, -0.2) is 4.98 Å². The van der Waals surface area contributed by atoms with E-state index >= 15 is 0 Å². The fourth-order valence-corrected chi connectivity index (χ4v) is 2.14. The van der Waals surface area contributed by atoms with Crippen LogP contribution in [0.15, 0.2) is 12.1 Å². The molecule has 1 aromatic rings. The third kappa shape index (κ3) is 5.79. The summed E-state index contributed by atoms with van der Waals surface area (Å²) in [6.07, 6.45) is 4.90. The molecule has 0 unspecified atom stereocenters. The number of rotatable bonds is 9. The molecular weight excluding hydrogens is 258 g/mol. The second-order valence-corrected chi connectivity index (χ2v) is 5.27. The Morgan fingerprint density at radius 3 is 2.32 bits per heavy atom. The van der Waals surface area contributed by atoms with E-state index in [-0.39, 0.29) is 0 Å². The van der Waals surface area contributed by atoms with E-state index in [0.29, 0.717) is 0 Å². The molecule has 3 nitrogen and oxygen atoms in total. The maximum atomic E-state index is 6.25. The average Bonchev–Trinajstić information content (AvgIpc) is 2.43. The quantitative estimate of drug-likeness (QED) is 0.737. The summed E-state index contributed by atoms with van der Waals surface area (Å²) in [5.74, 6) is 0.880. The van der Waals surface area contributed by atoms with Gasteiger partial charge in [0.1, 0.15) is 5.82 Å². The second kappa shape index (κ2) is 9.16. The van der Waals surface area contributed by atoms with E-state index in [1.807, 2.05) is 19.2 Å². The van der Waals surface area contributed by atoms with Crippen molar-refractivity contribution in [2.24, 2.45) is 0 Å². The van der Waals surface area contributed by atoms with E-state index in [0.717, 1.165) is 36.2 Å². The molecule has 0 aliphatic rings. The molecule has 1 N–H and O–H groups in total. The Balaban J connectivity index is 2.70. The molecule has 0 aliphatic carbocycles.